The Kier molecular flexibility index (Phi) is 5.22. The van der Waals surface area contributed by atoms with Crippen molar-refractivity contribution in [3.05, 3.63) is 35.9 Å². The van der Waals surface area contributed by atoms with Gasteiger partial charge in [0.1, 0.15) is 5.60 Å². The van der Waals surface area contributed by atoms with E-state index in [1.54, 1.807) is 0 Å². The first kappa shape index (κ1) is 16.5. The van der Waals surface area contributed by atoms with Crippen molar-refractivity contribution in [2.24, 2.45) is 5.92 Å². The molecule has 4 heteroatoms. The van der Waals surface area contributed by atoms with Crippen molar-refractivity contribution in [1.82, 2.24) is 4.90 Å². The lowest BCUT2D eigenvalue weighted by Gasteiger charge is -2.27. The molecule has 120 valence electrons. The van der Waals surface area contributed by atoms with Crippen LogP contribution in [0.4, 0.5) is 4.79 Å². The van der Waals surface area contributed by atoms with Gasteiger partial charge >= 0.3 is 6.09 Å². The Morgan fingerprint density at radius 2 is 1.91 bits per heavy atom. The lowest BCUT2D eigenvalue weighted by molar-refractivity contribution is -0.134. The maximum atomic E-state index is 12.7. The van der Waals surface area contributed by atoms with E-state index in [1.165, 1.54) is 4.90 Å². The molecular formula is C18H25NO3. The molecule has 1 heterocycles. The molecule has 2 amide bonds. The molecule has 0 aromatic heterocycles. The Morgan fingerprint density at radius 3 is 2.55 bits per heavy atom. The number of carbonyl (C=O) groups excluding carboxylic acids is 2. The van der Waals surface area contributed by atoms with E-state index < -0.39 is 11.7 Å². The van der Waals surface area contributed by atoms with E-state index in [4.69, 9.17) is 4.74 Å². The van der Waals surface area contributed by atoms with Crippen molar-refractivity contribution >= 4 is 12.0 Å². The van der Waals surface area contributed by atoms with Gasteiger partial charge in [-0.25, -0.2) is 9.69 Å². The molecule has 0 unspecified atom stereocenters. The summed E-state index contributed by atoms with van der Waals surface area (Å²) in [6.07, 6.45) is 2.79. The van der Waals surface area contributed by atoms with Crippen molar-refractivity contribution in [3.63, 3.8) is 0 Å². The lowest BCUT2D eigenvalue weighted by atomic mass is 9.94. The van der Waals surface area contributed by atoms with Crippen molar-refractivity contribution in [2.45, 2.75) is 52.1 Å². The SMILES string of the molecule is CC(C)(C)OC(=O)N1CCCC[C@@H](Cc2ccccc2)C1=O. The van der Waals surface area contributed by atoms with Gasteiger partial charge in [0, 0.05) is 12.5 Å². The average molecular weight is 303 g/mol. The number of likely N-dealkylation sites (tertiary alicyclic amines) is 1. The number of nitrogens with zero attached hydrogens (tertiary/aromatic N) is 1. The van der Waals surface area contributed by atoms with Crippen LogP contribution in [0.15, 0.2) is 30.3 Å². The Morgan fingerprint density at radius 1 is 1.23 bits per heavy atom. The number of rotatable bonds is 2. The summed E-state index contributed by atoms with van der Waals surface area (Å²) in [6, 6.07) is 9.96. The molecular weight excluding hydrogens is 278 g/mol. The van der Waals surface area contributed by atoms with Crippen LogP contribution < -0.4 is 0 Å². The number of amides is 2. The molecule has 0 saturated carbocycles. The smallest absolute Gasteiger partial charge is 0.417 e. The molecule has 0 N–H and O–H groups in total. The first-order valence-electron chi connectivity index (χ1n) is 7.95. The Balaban J connectivity index is 2.09. The molecule has 4 nitrogen and oxygen atoms in total. The van der Waals surface area contributed by atoms with Gasteiger partial charge in [-0.3, -0.25) is 4.79 Å². The van der Waals surface area contributed by atoms with Gasteiger partial charge in [0.2, 0.25) is 5.91 Å². The summed E-state index contributed by atoms with van der Waals surface area (Å²) in [5.41, 5.74) is 0.547. The summed E-state index contributed by atoms with van der Waals surface area (Å²) in [7, 11) is 0. The Labute approximate surface area is 132 Å². The Bertz CT molecular complexity index is 519. The fourth-order valence-electron chi connectivity index (χ4n) is 2.70. The lowest BCUT2D eigenvalue weighted by Crippen LogP contribution is -2.43. The van der Waals surface area contributed by atoms with E-state index in [0.717, 1.165) is 24.8 Å². The minimum Gasteiger partial charge on any atom is -0.443 e. The molecule has 0 bridgehead atoms. The van der Waals surface area contributed by atoms with Gasteiger partial charge in [-0.1, -0.05) is 36.8 Å². The van der Waals surface area contributed by atoms with Gasteiger partial charge in [-0.05, 0) is 45.6 Å². The summed E-state index contributed by atoms with van der Waals surface area (Å²) in [6.45, 7) is 5.90. The van der Waals surface area contributed by atoms with Gasteiger partial charge in [0.25, 0.3) is 0 Å². The van der Waals surface area contributed by atoms with E-state index in [0.29, 0.717) is 13.0 Å². The topological polar surface area (TPSA) is 46.6 Å². The molecule has 1 aromatic rings. The first-order chi connectivity index (χ1) is 10.4. The number of imide groups is 1. The van der Waals surface area contributed by atoms with Gasteiger partial charge in [0.05, 0.1) is 0 Å². The highest BCUT2D eigenvalue weighted by Crippen LogP contribution is 2.23. The standard InChI is InChI=1S/C18H25NO3/c1-18(2,3)22-17(21)19-12-8-7-11-15(16(19)20)13-14-9-5-4-6-10-14/h4-6,9-10,15H,7-8,11-13H2,1-3H3/t15-/m0/s1. The van der Waals surface area contributed by atoms with Crippen LogP contribution in [0, 0.1) is 5.92 Å². The normalized spacial score (nSPS) is 19.7. The summed E-state index contributed by atoms with van der Waals surface area (Å²) < 4.78 is 5.37. The third-order valence-electron chi connectivity index (χ3n) is 3.74. The molecule has 2 rings (SSSR count). The minimum atomic E-state index is -0.585. The number of hydrogen-bond donors (Lipinski definition) is 0. The van der Waals surface area contributed by atoms with Crippen molar-refractivity contribution < 1.29 is 14.3 Å². The van der Waals surface area contributed by atoms with Crippen molar-refractivity contribution in [1.29, 1.82) is 0 Å². The minimum absolute atomic E-state index is 0.101. The van der Waals surface area contributed by atoms with Crippen LogP contribution in [0.3, 0.4) is 0 Å². The second kappa shape index (κ2) is 6.95. The van der Waals surface area contributed by atoms with Gasteiger partial charge < -0.3 is 4.74 Å². The van der Waals surface area contributed by atoms with Crippen LogP contribution >= 0.6 is 0 Å². The number of hydrogen-bond acceptors (Lipinski definition) is 3. The average Bonchev–Trinajstić information content (AvgIpc) is 2.61. The van der Waals surface area contributed by atoms with Gasteiger partial charge in [0.15, 0.2) is 0 Å². The van der Waals surface area contributed by atoms with Crippen LogP contribution in [-0.4, -0.2) is 29.0 Å². The van der Waals surface area contributed by atoms with Crippen molar-refractivity contribution in [2.75, 3.05) is 6.54 Å². The molecule has 0 spiro atoms. The van der Waals surface area contributed by atoms with Crippen LogP contribution in [0.25, 0.3) is 0 Å². The van der Waals surface area contributed by atoms with Crippen LogP contribution in [0.2, 0.25) is 0 Å². The monoisotopic (exact) mass is 303 g/mol. The van der Waals surface area contributed by atoms with Crippen LogP contribution in [0.1, 0.15) is 45.6 Å². The largest absolute Gasteiger partial charge is 0.443 e. The molecule has 1 saturated heterocycles. The fourth-order valence-corrected chi connectivity index (χ4v) is 2.70. The van der Waals surface area contributed by atoms with E-state index >= 15 is 0 Å². The summed E-state index contributed by atoms with van der Waals surface area (Å²) in [5.74, 6) is -0.243. The maximum Gasteiger partial charge on any atom is 0.417 e. The molecule has 1 atom stereocenters. The van der Waals surface area contributed by atoms with E-state index in [2.05, 4.69) is 0 Å². The van der Waals surface area contributed by atoms with Gasteiger partial charge in [-0.2, -0.15) is 0 Å². The quantitative estimate of drug-likeness (QED) is 0.835. The zero-order valence-corrected chi connectivity index (χ0v) is 13.7. The molecule has 0 aliphatic carbocycles. The fraction of sp³-hybridized carbons (Fsp3) is 0.556. The second-order valence-electron chi connectivity index (χ2n) is 6.85. The predicted octanol–water partition coefficient (Wildman–Crippen LogP) is 3.79. The van der Waals surface area contributed by atoms with Gasteiger partial charge in [-0.15, -0.1) is 0 Å². The highest BCUT2D eigenvalue weighted by Gasteiger charge is 2.33. The molecule has 22 heavy (non-hydrogen) atoms. The number of carbonyl (C=O) groups is 2. The first-order valence-corrected chi connectivity index (χ1v) is 7.95. The molecule has 1 aliphatic heterocycles. The van der Waals surface area contributed by atoms with E-state index in [9.17, 15) is 9.59 Å². The highest BCUT2D eigenvalue weighted by atomic mass is 16.6. The molecule has 1 fully saturated rings. The van der Waals surface area contributed by atoms with Crippen molar-refractivity contribution in [3.8, 4) is 0 Å². The molecule has 1 aromatic carbocycles. The predicted molar refractivity (Wildman–Crippen MR) is 85.4 cm³/mol. The summed E-state index contributed by atoms with van der Waals surface area (Å²) >= 11 is 0. The third-order valence-corrected chi connectivity index (χ3v) is 3.74. The van der Waals surface area contributed by atoms with E-state index in [1.807, 2.05) is 51.1 Å². The van der Waals surface area contributed by atoms with E-state index in [-0.39, 0.29) is 11.8 Å². The maximum absolute atomic E-state index is 12.7. The molecule has 1 aliphatic rings. The number of ether oxygens (including phenoxy) is 1. The Hall–Kier alpha value is -1.84. The zero-order valence-electron chi connectivity index (χ0n) is 13.7. The summed E-state index contributed by atoms with van der Waals surface area (Å²) in [4.78, 5) is 26.3. The third kappa shape index (κ3) is 4.58. The highest BCUT2D eigenvalue weighted by molar-refractivity contribution is 5.93. The second-order valence-corrected chi connectivity index (χ2v) is 6.85. The zero-order chi connectivity index (χ0) is 16.2. The van der Waals surface area contributed by atoms with Crippen LogP contribution in [0.5, 0.6) is 0 Å². The summed E-state index contributed by atoms with van der Waals surface area (Å²) in [5, 5.41) is 0. The van der Waals surface area contributed by atoms with Crippen LogP contribution in [-0.2, 0) is 16.0 Å². The number of benzene rings is 1. The molecule has 0 radical (unpaired) electrons.